The predicted molar refractivity (Wildman–Crippen MR) is 77.1 cm³/mol. The van der Waals surface area contributed by atoms with Crippen molar-refractivity contribution in [2.45, 2.75) is 19.9 Å². The van der Waals surface area contributed by atoms with Gasteiger partial charge in [0.05, 0.1) is 0 Å². The Labute approximate surface area is 114 Å². The van der Waals surface area contributed by atoms with Crippen molar-refractivity contribution in [3.8, 4) is 0 Å². The van der Waals surface area contributed by atoms with Crippen LogP contribution in [0.15, 0.2) is 5.38 Å². The van der Waals surface area contributed by atoms with E-state index in [1.807, 2.05) is 6.92 Å². The lowest BCUT2D eigenvalue weighted by molar-refractivity contribution is 0.153. The van der Waals surface area contributed by atoms with Gasteiger partial charge >= 0.3 is 0 Å². The van der Waals surface area contributed by atoms with Gasteiger partial charge in [-0.3, -0.25) is 0 Å². The number of nitrogens with zero attached hydrogens (tertiary/aromatic N) is 3. The second-order valence-corrected chi connectivity index (χ2v) is 6.00. The van der Waals surface area contributed by atoms with Crippen LogP contribution in [0.2, 0.25) is 0 Å². The molecule has 1 aromatic heterocycles. The third-order valence-electron chi connectivity index (χ3n) is 3.37. The first kappa shape index (κ1) is 13.9. The first-order valence-corrected chi connectivity index (χ1v) is 7.64. The Morgan fingerprint density at radius 3 is 2.78 bits per heavy atom. The van der Waals surface area contributed by atoms with Crippen molar-refractivity contribution in [2.75, 3.05) is 46.3 Å². The molecule has 2 rings (SSSR count). The summed E-state index contributed by atoms with van der Waals surface area (Å²) >= 11 is 1.75. The molecule has 0 amide bonds. The van der Waals surface area contributed by atoms with E-state index < -0.39 is 0 Å². The molecular formula is C13H24N4S. The molecule has 0 saturated carbocycles. The molecule has 0 aliphatic carbocycles. The van der Waals surface area contributed by atoms with Crippen LogP contribution in [0, 0.1) is 6.92 Å². The molecule has 0 aromatic carbocycles. The smallest absolute Gasteiger partial charge is 0.107 e. The number of hydrogen-bond donors (Lipinski definition) is 1. The second-order valence-electron chi connectivity index (χ2n) is 5.06. The number of piperazine rings is 1. The minimum absolute atomic E-state index is 0.918. The Morgan fingerprint density at radius 2 is 2.11 bits per heavy atom. The standard InChI is InChI=1S/C13H24N4S/c1-12-11-18-13(15-12)10-14-4-3-5-17-8-6-16(2)7-9-17/h11,14H,3-10H2,1-2H3. The fourth-order valence-corrected chi connectivity index (χ4v) is 2.92. The second kappa shape index (κ2) is 7.19. The molecular weight excluding hydrogens is 244 g/mol. The zero-order valence-electron chi connectivity index (χ0n) is 11.5. The van der Waals surface area contributed by atoms with E-state index in [2.05, 4.69) is 32.5 Å². The summed E-state index contributed by atoms with van der Waals surface area (Å²) in [5, 5.41) is 6.79. The molecule has 0 atom stereocenters. The Balaban J connectivity index is 1.51. The van der Waals surface area contributed by atoms with E-state index in [1.165, 1.54) is 44.2 Å². The molecule has 0 spiro atoms. The molecule has 18 heavy (non-hydrogen) atoms. The van der Waals surface area contributed by atoms with Crippen molar-refractivity contribution >= 4 is 11.3 Å². The molecule has 1 aromatic rings. The van der Waals surface area contributed by atoms with E-state index in [0.29, 0.717) is 0 Å². The SMILES string of the molecule is Cc1csc(CNCCCN2CCN(C)CC2)n1. The molecule has 2 heterocycles. The van der Waals surface area contributed by atoms with E-state index in [1.54, 1.807) is 11.3 Å². The molecule has 1 N–H and O–H groups in total. The highest BCUT2D eigenvalue weighted by molar-refractivity contribution is 7.09. The van der Waals surface area contributed by atoms with Gasteiger partial charge in [0.15, 0.2) is 0 Å². The van der Waals surface area contributed by atoms with Crippen LogP contribution in [0.1, 0.15) is 17.1 Å². The summed E-state index contributed by atoms with van der Waals surface area (Å²) in [4.78, 5) is 9.41. The molecule has 5 heteroatoms. The van der Waals surface area contributed by atoms with Gasteiger partial charge in [0, 0.05) is 43.8 Å². The number of rotatable bonds is 6. The number of nitrogens with one attached hydrogen (secondary N) is 1. The summed E-state index contributed by atoms with van der Waals surface area (Å²) < 4.78 is 0. The fourth-order valence-electron chi connectivity index (χ4n) is 2.18. The highest BCUT2D eigenvalue weighted by Gasteiger charge is 2.12. The Bertz CT molecular complexity index is 345. The summed E-state index contributed by atoms with van der Waals surface area (Å²) in [6.45, 7) is 10.2. The summed E-state index contributed by atoms with van der Waals surface area (Å²) in [5.41, 5.74) is 1.13. The molecule has 4 nitrogen and oxygen atoms in total. The predicted octanol–water partition coefficient (Wildman–Crippen LogP) is 1.18. The van der Waals surface area contributed by atoms with Crippen molar-refractivity contribution in [1.29, 1.82) is 0 Å². The van der Waals surface area contributed by atoms with Gasteiger partial charge in [0.2, 0.25) is 0 Å². The van der Waals surface area contributed by atoms with Crippen LogP contribution in [-0.2, 0) is 6.54 Å². The average molecular weight is 268 g/mol. The summed E-state index contributed by atoms with van der Waals surface area (Å²) in [6, 6.07) is 0. The van der Waals surface area contributed by atoms with Crippen LogP contribution in [0.5, 0.6) is 0 Å². The lowest BCUT2D eigenvalue weighted by atomic mass is 10.3. The van der Waals surface area contributed by atoms with Crippen LogP contribution >= 0.6 is 11.3 Å². The molecule has 102 valence electrons. The van der Waals surface area contributed by atoms with Crippen molar-refractivity contribution < 1.29 is 0 Å². The zero-order chi connectivity index (χ0) is 12.8. The van der Waals surface area contributed by atoms with Crippen molar-refractivity contribution in [3.63, 3.8) is 0 Å². The number of aryl methyl sites for hydroxylation is 1. The van der Waals surface area contributed by atoms with Crippen LogP contribution in [-0.4, -0.2) is 61.1 Å². The fraction of sp³-hybridized carbons (Fsp3) is 0.769. The molecule has 0 bridgehead atoms. The Hall–Kier alpha value is -0.490. The van der Waals surface area contributed by atoms with Gasteiger partial charge in [-0.1, -0.05) is 0 Å². The number of likely N-dealkylation sites (N-methyl/N-ethyl adjacent to an activating group) is 1. The van der Waals surface area contributed by atoms with Gasteiger partial charge in [-0.25, -0.2) is 4.98 Å². The number of thiazole rings is 1. The number of aromatic nitrogens is 1. The summed E-state index contributed by atoms with van der Waals surface area (Å²) in [7, 11) is 2.20. The minimum Gasteiger partial charge on any atom is -0.310 e. The normalized spacial score (nSPS) is 18.3. The largest absolute Gasteiger partial charge is 0.310 e. The quantitative estimate of drug-likeness (QED) is 0.785. The highest BCUT2D eigenvalue weighted by Crippen LogP contribution is 2.07. The topological polar surface area (TPSA) is 31.4 Å². The lowest BCUT2D eigenvalue weighted by Crippen LogP contribution is -2.45. The van der Waals surface area contributed by atoms with Crippen LogP contribution < -0.4 is 5.32 Å². The summed E-state index contributed by atoms with van der Waals surface area (Å²) in [6.07, 6.45) is 1.23. The number of hydrogen-bond acceptors (Lipinski definition) is 5. The zero-order valence-corrected chi connectivity index (χ0v) is 12.3. The molecule has 0 unspecified atom stereocenters. The van der Waals surface area contributed by atoms with Gasteiger partial charge in [0.25, 0.3) is 0 Å². The van der Waals surface area contributed by atoms with Crippen LogP contribution in [0.3, 0.4) is 0 Å². The minimum atomic E-state index is 0.918. The first-order chi connectivity index (χ1) is 8.74. The third-order valence-corrected chi connectivity index (χ3v) is 4.33. The van der Waals surface area contributed by atoms with E-state index >= 15 is 0 Å². The molecule has 1 fully saturated rings. The first-order valence-electron chi connectivity index (χ1n) is 6.76. The van der Waals surface area contributed by atoms with E-state index in [9.17, 15) is 0 Å². The average Bonchev–Trinajstić information content (AvgIpc) is 2.77. The van der Waals surface area contributed by atoms with Gasteiger partial charge in [0.1, 0.15) is 5.01 Å². The molecule has 1 aliphatic rings. The molecule has 0 radical (unpaired) electrons. The monoisotopic (exact) mass is 268 g/mol. The van der Waals surface area contributed by atoms with Crippen LogP contribution in [0.25, 0.3) is 0 Å². The van der Waals surface area contributed by atoms with Gasteiger partial charge in [-0.15, -0.1) is 11.3 Å². The third kappa shape index (κ3) is 4.65. The van der Waals surface area contributed by atoms with Crippen molar-refractivity contribution in [1.82, 2.24) is 20.1 Å². The maximum absolute atomic E-state index is 4.45. The van der Waals surface area contributed by atoms with Gasteiger partial charge in [-0.2, -0.15) is 0 Å². The van der Waals surface area contributed by atoms with Gasteiger partial charge < -0.3 is 15.1 Å². The maximum Gasteiger partial charge on any atom is 0.107 e. The lowest BCUT2D eigenvalue weighted by Gasteiger charge is -2.32. The highest BCUT2D eigenvalue weighted by atomic mass is 32.1. The Kier molecular flexibility index (Phi) is 5.56. The maximum atomic E-state index is 4.45. The summed E-state index contributed by atoms with van der Waals surface area (Å²) in [5.74, 6) is 0. The molecule has 1 saturated heterocycles. The van der Waals surface area contributed by atoms with E-state index in [-0.39, 0.29) is 0 Å². The van der Waals surface area contributed by atoms with Gasteiger partial charge in [-0.05, 0) is 33.5 Å². The Morgan fingerprint density at radius 1 is 1.33 bits per heavy atom. The van der Waals surface area contributed by atoms with E-state index in [0.717, 1.165) is 18.8 Å². The van der Waals surface area contributed by atoms with Crippen LogP contribution in [0.4, 0.5) is 0 Å². The van der Waals surface area contributed by atoms with Crippen molar-refractivity contribution in [3.05, 3.63) is 16.1 Å². The van der Waals surface area contributed by atoms with E-state index in [4.69, 9.17) is 0 Å². The van der Waals surface area contributed by atoms with Crippen molar-refractivity contribution in [2.24, 2.45) is 0 Å². The molecule has 1 aliphatic heterocycles.